The Kier molecular flexibility index (Phi) is 8.86. The Labute approximate surface area is 192 Å². The van der Waals surface area contributed by atoms with Crippen LogP contribution in [0.25, 0.3) is 0 Å². The number of rotatable bonds is 9. The lowest BCUT2D eigenvalue weighted by Crippen LogP contribution is -2.41. The molecule has 1 heterocycles. The Morgan fingerprint density at radius 3 is 2.62 bits per heavy atom. The van der Waals surface area contributed by atoms with Gasteiger partial charge in [-0.1, -0.05) is 18.2 Å². The topological polar surface area (TPSA) is 82.6 Å². The van der Waals surface area contributed by atoms with Gasteiger partial charge in [-0.05, 0) is 48.9 Å². The zero-order valence-electron chi connectivity index (χ0n) is 16.2. The second kappa shape index (κ2) is 10.7. The van der Waals surface area contributed by atoms with E-state index in [-0.39, 0.29) is 41.8 Å². The number of sulfonamides is 1. The largest absolute Gasteiger partial charge is 0.357 e. The first kappa shape index (κ1) is 24.0. The molecule has 1 saturated carbocycles. The van der Waals surface area contributed by atoms with Crippen molar-refractivity contribution >= 4 is 51.3 Å². The lowest BCUT2D eigenvalue weighted by atomic mass is 9.96. The van der Waals surface area contributed by atoms with Crippen LogP contribution in [0.3, 0.4) is 0 Å². The van der Waals surface area contributed by atoms with E-state index in [0.717, 1.165) is 18.4 Å². The SMILES string of the molecule is CCNC(=NCC1(c2cccc(F)c2)CC1)NCCNS(=O)(=O)c1cccs1.I. The monoisotopic (exact) mass is 552 g/mol. The smallest absolute Gasteiger partial charge is 0.250 e. The summed E-state index contributed by atoms with van der Waals surface area (Å²) in [6, 6.07) is 10.0. The van der Waals surface area contributed by atoms with Crippen molar-refractivity contribution in [3.63, 3.8) is 0 Å². The van der Waals surface area contributed by atoms with Gasteiger partial charge < -0.3 is 10.6 Å². The standard InChI is InChI=1S/C19H25FN4O2S2.HI/c1-2-21-18(22-10-11-24-28(25,26)17-7-4-12-27-17)23-14-19(8-9-19)15-5-3-6-16(20)13-15;/h3-7,12-13,24H,2,8-11,14H2,1H3,(H2,21,22,23);1H. The van der Waals surface area contributed by atoms with Gasteiger partial charge in [-0.15, -0.1) is 35.3 Å². The highest BCUT2D eigenvalue weighted by atomic mass is 127. The molecule has 0 aliphatic heterocycles. The summed E-state index contributed by atoms with van der Waals surface area (Å²) in [6.45, 7) is 3.88. The highest BCUT2D eigenvalue weighted by molar-refractivity contribution is 14.0. The number of hydrogen-bond donors (Lipinski definition) is 3. The molecule has 0 spiro atoms. The third-order valence-corrected chi connectivity index (χ3v) is 7.50. The number of benzene rings is 1. The van der Waals surface area contributed by atoms with Crippen LogP contribution < -0.4 is 15.4 Å². The summed E-state index contributed by atoms with van der Waals surface area (Å²) in [5.74, 6) is 0.399. The maximum absolute atomic E-state index is 13.5. The molecular formula is C19H26FIN4O2S2. The van der Waals surface area contributed by atoms with E-state index in [2.05, 4.69) is 20.3 Å². The molecule has 6 nitrogen and oxygen atoms in total. The molecule has 0 bridgehead atoms. The van der Waals surface area contributed by atoms with Crippen molar-refractivity contribution in [2.45, 2.75) is 29.4 Å². The van der Waals surface area contributed by atoms with Gasteiger partial charge in [-0.3, -0.25) is 4.99 Å². The molecule has 1 aromatic heterocycles. The van der Waals surface area contributed by atoms with Gasteiger partial charge in [0.2, 0.25) is 10.0 Å². The first-order valence-corrected chi connectivity index (χ1v) is 11.6. The van der Waals surface area contributed by atoms with Crippen molar-refractivity contribution in [1.82, 2.24) is 15.4 Å². The molecule has 1 aromatic carbocycles. The third-order valence-electron chi connectivity index (χ3n) is 4.64. The Morgan fingerprint density at radius 2 is 2.00 bits per heavy atom. The maximum atomic E-state index is 13.5. The molecule has 0 amide bonds. The number of guanidine groups is 1. The van der Waals surface area contributed by atoms with Gasteiger partial charge in [0, 0.05) is 25.0 Å². The molecule has 160 valence electrons. The molecule has 0 radical (unpaired) electrons. The molecule has 0 atom stereocenters. The zero-order chi connectivity index (χ0) is 20.0. The van der Waals surface area contributed by atoms with Crippen LogP contribution in [0.15, 0.2) is 51.0 Å². The normalized spacial score (nSPS) is 15.4. The quantitative estimate of drug-likeness (QED) is 0.193. The van der Waals surface area contributed by atoms with Crippen LogP contribution in [-0.4, -0.2) is 40.6 Å². The van der Waals surface area contributed by atoms with Crippen molar-refractivity contribution in [1.29, 1.82) is 0 Å². The lowest BCUT2D eigenvalue weighted by molar-refractivity contribution is 0.582. The summed E-state index contributed by atoms with van der Waals surface area (Å²) < 4.78 is 40.6. The van der Waals surface area contributed by atoms with E-state index < -0.39 is 10.0 Å². The molecule has 1 fully saturated rings. The first-order chi connectivity index (χ1) is 13.5. The fourth-order valence-corrected chi connectivity index (χ4v) is 5.00. The maximum Gasteiger partial charge on any atom is 0.250 e. The van der Waals surface area contributed by atoms with Gasteiger partial charge in [0.05, 0.1) is 6.54 Å². The van der Waals surface area contributed by atoms with E-state index in [9.17, 15) is 12.8 Å². The van der Waals surface area contributed by atoms with Crippen LogP contribution in [0.5, 0.6) is 0 Å². The van der Waals surface area contributed by atoms with Gasteiger partial charge in [-0.2, -0.15) is 0 Å². The van der Waals surface area contributed by atoms with E-state index in [1.54, 1.807) is 29.6 Å². The number of halogens is 2. The average Bonchev–Trinajstić information content (AvgIpc) is 3.24. The second-order valence-corrected chi connectivity index (χ2v) is 9.68. The minimum absolute atomic E-state index is 0. The fraction of sp³-hybridized carbons (Fsp3) is 0.421. The fourth-order valence-electron chi connectivity index (χ4n) is 2.93. The molecule has 1 aliphatic carbocycles. The van der Waals surface area contributed by atoms with E-state index in [0.29, 0.717) is 29.8 Å². The van der Waals surface area contributed by atoms with Crippen LogP contribution in [0.2, 0.25) is 0 Å². The minimum Gasteiger partial charge on any atom is -0.357 e. The van der Waals surface area contributed by atoms with Gasteiger partial charge in [-0.25, -0.2) is 17.5 Å². The summed E-state index contributed by atoms with van der Waals surface area (Å²) in [5, 5.41) is 8.03. The van der Waals surface area contributed by atoms with Gasteiger partial charge in [0.15, 0.2) is 5.96 Å². The van der Waals surface area contributed by atoms with Crippen LogP contribution in [0.1, 0.15) is 25.3 Å². The Balaban J connectivity index is 0.00000300. The predicted molar refractivity (Wildman–Crippen MR) is 126 cm³/mol. The Morgan fingerprint density at radius 1 is 1.21 bits per heavy atom. The summed E-state index contributed by atoms with van der Waals surface area (Å²) in [6.07, 6.45) is 1.97. The number of nitrogens with one attached hydrogen (secondary N) is 3. The Hall–Kier alpha value is -1.24. The zero-order valence-corrected chi connectivity index (χ0v) is 20.1. The highest BCUT2D eigenvalue weighted by Crippen LogP contribution is 2.48. The molecule has 1 aliphatic rings. The van der Waals surface area contributed by atoms with E-state index in [1.165, 1.54) is 17.4 Å². The second-order valence-electron chi connectivity index (χ2n) is 6.74. The summed E-state index contributed by atoms with van der Waals surface area (Å²) >= 11 is 1.19. The van der Waals surface area contributed by atoms with Gasteiger partial charge in [0.1, 0.15) is 10.0 Å². The first-order valence-electron chi connectivity index (χ1n) is 9.27. The number of hydrogen-bond acceptors (Lipinski definition) is 4. The van der Waals surface area contributed by atoms with Crippen molar-refractivity contribution in [2.75, 3.05) is 26.2 Å². The average molecular weight is 552 g/mol. The van der Waals surface area contributed by atoms with Gasteiger partial charge in [0.25, 0.3) is 0 Å². The third kappa shape index (κ3) is 6.63. The summed E-state index contributed by atoms with van der Waals surface area (Å²) in [5.41, 5.74) is 0.890. The molecule has 3 N–H and O–H groups in total. The molecule has 29 heavy (non-hydrogen) atoms. The van der Waals surface area contributed by atoms with Crippen molar-refractivity contribution in [3.05, 3.63) is 53.2 Å². The number of aliphatic imine (C=N–C) groups is 1. The molecule has 3 rings (SSSR count). The van der Waals surface area contributed by atoms with Gasteiger partial charge >= 0.3 is 0 Å². The van der Waals surface area contributed by atoms with Crippen molar-refractivity contribution in [3.8, 4) is 0 Å². The van der Waals surface area contributed by atoms with Crippen LogP contribution >= 0.6 is 35.3 Å². The summed E-state index contributed by atoms with van der Waals surface area (Å²) in [7, 11) is -3.46. The minimum atomic E-state index is -3.46. The van der Waals surface area contributed by atoms with E-state index >= 15 is 0 Å². The molecule has 2 aromatic rings. The molecule has 10 heteroatoms. The van der Waals surface area contributed by atoms with Crippen LogP contribution in [0.4, 0.5) is 4.39 Å². The van der Waals surface area contributed by atoms with Crippen LogP contribution in [-0.2, 0) is 15.4 Å². The van der Waals surface area contributed by atoms with E-state index in [4.69, 9.17) is 0 Å². The lowest BCUT2D eigenvalue weighted by Gasteiger charge is -2.16. The van der Waals surface area contributed by atoms with E-state index in [1.807, 2.05) is 13.0 Å². The number of thiophene rings is 1. The molecular weight excluding hydrogens is 526 g/mol. The summed E-state index contributed by atoms with van der Waals surface area (Å²) in [4.78, 5) is 4.63. The number of nitrogens with zero attached hydrogens (tertiary/aromatic N) is 1. The molecule has 0 saturated heterocycles. The van der Waals surface area contributed by atoms with Crippen molar-refractivity contribution in [2.24, 2.45) is 4.99 Å². The molecule has 0 unspecified atom stereocenters. The Bertz CT molecular complexity index is 916. The highest BCUT2D eigenvalue weighted by Gasteiger charge is 2.44. The van der Waals surface area contributed by atoms with Crippen molar-refractivity contribution < 1.29 is 12.8 Å². The predicted octanol–water partition coefficient (Wildman–Crippen LogP) is 3.07. The van der Waals surface area contributed by atoms with Crippen LogP contribution in [0, 0.1) is 5.82 Å².